The molecule has 2 unspecified atom stereocenters. The number of hydrogen-bond acceptors (Lipinski definition) is 3. The Morgan fingerprint density at radius 3 is 3.00 bits per heavy atom. The third-order valence-electron chi connectivity index (χ3n) is 2.64. The first-order chi connectivity index (χ1) is 7.56. The second-order valence-corrected chi connectivity index (χ2v) is 4.53. The number of nitrogens with zero attached hydrogens (tertiary/aromatic N) is 1. The van der Waals surface area contributed by atoms with Crippen molar-refractivity contribution in [2.45, 2.75) is 38.9 Å². The van der Waals surface area contributed by atoms with Gasteiger partial charge in [-0.25, -0.2) is 0 Å². The maximum absolute atomic E-state index is 7.92. The molecule has 86 valence electrons. The van der Waals surface area contributed by atoms with Crippen molar-refractivity contribution in [3.63, 3.8) is 0 Å². The van der Waals surface area contributed by atoms with E-state index >= 15 is 0 Å². The lowest BCUT2D eigenvalue weighted by Crippen LogP contribution is -2.35. The van der Waals surface area contributed by atoms with Crippen molar-refractivity contribution >= 4 is 11.7 Å². The molecule has 0 spiro atoms. The molecular formula is C12H18N4. The molecule has 0 aromatic heterocycles. The first kappa shape index (κ1) is 10.9. The first-order valence-electron chi connectivity index (χ1n) is 5.62. The van der Waals surface area contributed by atoms with Crippen molar-refractivity contribution in [1.82, 2.24) is 10.6 Å². The zero-order chi connectivity index (χ0) is 11.7. The molecule has 3 N–H and O–H groups in total. The van der Waals surface area contributed by atoms with Crippen molar-refractivity contribution in [3.05, 3.63) is 23.8 Å². The van der Waals surface area contributed by atoms with Crippen LogP contribution in [0.3, 0.4) is 0 Å². The van der Waals surface area contributed by atoms with E-state index in [-0.39, 0.29) is 18.1 Å². The van der Waals surface area contributed by atoms with E-state index in [0.717, 1.165) is 11.4 Å². The van der Waals surface area contributed by atoms with E-state index in [9.17, 15) is 0 Å². The maximum Gasteiger partial charge on any atom is 0.125 e. The van der Waals surface area contributed by atoms with Gasteiger partial charge in [0.15, 0.2) is 0 Å². The lowest BCUT2D eigenvalue weighted by molar-refractivity contribution is 0.688. The smallest absolute Gasteiger partial charge is 0.125 e. The molecule has 4 nitrogen and oxygen atoms in total. The van der Waals surface area contributed by atoms with Gasteiger partial charge in [0.05, 0.1) is 17.9 Å². The van der Waals surface area contributed by atoms with Crippen molar-refractivity contribution < 1.29 is 0 Å². The van der Waals surface area contributed by atoms with Crippen LogP contribution in [-0.4, -0.2) is 29.8 Å². The minimum Gasteiger partial charge on any atom is -0.368 e. The average Bonchev–Trinajstić information content (AvgIpc) is 2.55. The minimum atomic E-state index is 0.148. The fraction of sp³-hybridized carbons (Fsp3) is 0.500. The lowest BCUT2D eigenvalue weighted by Gasteiger charge is -2.19. The highest BCUT2D eigenvalue weighted by atomic mass is 15.1. The quantitative estimate of drug-likeness (QED) is 0.482. The Labute approximate surface area is 96.0 Å². The second-order valence-electron chi connectivity index (χ2n) is 4.53. The van der Waals surface area contributed by atoms with Crippen LogP contribution in [-0.2, 0) is 0 Å². The topological polar surface area (TPSA) is 60.3 Å². The van der Waals surface area contributed by atoms with Gasteiger partial charge in [-0.2, -0.15) is 0 Å². The molecule has 4 heteroatoms. The van der Waals surface area contributed by atoms with Crippen LogP contribution in [0.15, 0.2) is 28.8 Å². The standard InChI is InChI=1S/C12H18N4/c1-7(2)14-12(13)9-4-5-10-11(6-9)16-8(3)15-10/h4-7,10-11H,1-3H3,(H2,13,14)(H,15,16). The number of amidine groups is 2. The van der Waals surface area contributed by atoms with Gasteiger partial charge in [0.1, 0.15) is 5.84 Å². The van der Waals surface area contributed by atoms with Gasteiger partial charge in [-0.15, -0.1) is 0 Å². The van der Waals surface area contributed by atoms with Crippen LogP contribution in [0.25, 0.3) is 0 Å². The monoisotopic (exact) mass is 218 g/mol. The molecule has 1 aliphatic carbocycles. The summed E-state index contributed by atoms with van der Waals surface area (Å²) in [5, 5.41) is 14.3. The molecule has 0 radical (unpaired) electrons. The lowest BCUT2D eigenvalue weighted by atomic mass is 9.98. The highest BCUT2D eigenvalue weighted by Gasteiger charge is 2.26. The largest absolute Gasteiger partial charge is 0.368 e. The van der Waals surface area contributed by atoms with Crippen LogP contribution >= 0.6 is 0 Å². The van der Waals surface area contributed by atoms with Gasteiger partial charge < -0.3 is 10.6 Å². The van der Waals surface area contributed by atoms with Crippen LogP contribution < -0.4 is 10.6 Å². The third-order valence-corrected chi connectivity index (χ3v) is 2.64. The third kappa shape index (κ3) is 2.15. The molecule has 0 saturated carbocycles. The SMILES string of the molecule is CC1=NC2C=C(C(=N)NC(C)C)C=CC2N1. The van der Waals surface area contributed by atoms with Crippen molar-refractivity contribution in [2.24, 2.45) is 4.99 Å². The van der Waals surface area contributed by atoms with Gasteiger partial charge in [0.25, 0.3) is 0 Å². The van der Waals surface area contributed by atoms with Crippen LogP contribution in [0.4, 0.5) is 0 Å². The highest BCUT2D eigenvalue weighted by Crippen LogP contribution is 2.18. The predicted octanol–water partition coefficient (Wildman–Crippen LogP) is 1.22. The molecular weight excluding hydrogens is 200 g/mol. The van der Waals surface area contributed by atoms with E-state index in [1.54, 1.807) is 0 Å². The van der Waals surface area contributed by atoms with Crippen LogP contribution in [0.2, 0.25) is 0 Å². The molecule has 1 aliphatic heterocycles. The van der Waals surface area contributed by atoms with Crippen molar-refractivity contribution in [2.75, 3.05) is 0 Å². The van der Waals surface area contributed by atoms with E-state index < -0.39 is 0 Å². The summed E-state index contributed by atoms with van der Waals surface area (Å²) in [7, 11) is 0. The molecule has 0 amide bonds. The van der Waals surface area contributed by atoms with Gasteiger partial charge in [0.2, 0.25) is 0 Å². The van der Waals surface area contributed by atoms with Gasteiger partial charge >= 0.3 is 0 Å². The second kappa shape index (κ2) is 4.12. The van der Waals surface area contributed by atoms with Crippen molar-refractivity contribution in [3.8, 4) is 0 Å². The van der Waals surface area contributed by atoms with Gasteiger partial charge in [-0.05, 0) is 26.8 Å². The van der Waals surface area contributed by atoms with Gasteiger partial charge in [0, 0.05) is 11.6 Å². The fourth-order valence-corrected chi connectivity index (χ4v) is 1.96. The van der Waals surface area contributed by atoms with Gasteiger partial charge in [-0.3, -0.25) is 10.4 Å². The molecule has 2 atom stereocenters. The minimum absolute atomic E-state index is 0.148. The number of rotatable bonds is 2. The van der Waals surface area contributed by atoms with E-state index in [0.29, 0.717) is 5.84 Å². The normalized spacial score (nSPS) is 27.0. The van der Waals surface area contributed by atoms with Crippen molar-refractivity contribution in [1.29, 1.82) is 5.41 Å². The van der Waals surface area contributed by atoms with Crippen LogP contribution in [0, 0.1) is 5.41 Å². The molecule has 0 aromatic carbocycles. The Kier molecular flexibility index (Phi) is 2.81. The van der Waals surface area contributed by atoms with E-state index in [4.69, 9.17) is 5.41 Å². The summed E-state index contributed by atoms with van der Waals surface area (Å²) in [6.45, 7) is 6.03. The summed E-state index contributed by atoms with van der Waals surface area (Å²) in [6.07, 6.45) is 6.11. The van der Waals surface area contributed by atoms with E-state index in [2.05, 4.69) is 21.7 Å². The number of fused-ring (bicyclic) bond motifs is 1. The van der Waals surface area contributed by atoms with E-state index in [1.165, 1.54) is 0 Å². The molecule has 1 heterocycles. The number of hydrogen-bond donors (Lipinski definition) is 3. The zero-order valence-electron chi connectivity index (χ0n) is 9.91. The first-order valence-corrected chi connectivity index (χ1v) is 5.62. The number of nitrogens with one attached hydrogen (secondary N) is 3. The Hall–Kier alpha value is -1.58. The molecule has 2 rings (SSSR count). The van der Waals surface area contributed by atoms with Crippen LogP contribution in [0.5, 0.6) is 0 Å². The molecule has 0 aromatic rings. The molecule has 2 aliphatic rings. The summed E-state index contributed by atoms with van der Waals surface area (Å²) < 4.78 is 0. The summed E-state index contributed by atoms with van der Waals surface area (Å²) >= 11 is 0. The Morgan fingerprint density at radius 1 is 1.56 bits per heavy atom. The molecule has 0 saturated heterocycles. The Bertz CT molecular complexity index is 390. The summed E-state index contributed by atoms with van der Waals surface area (Å²) in [5.41, 5.74) is 0.926. The highest BCUT2D eigenvalue weighted by molar-refractivity contribution is 5.99. The van der Waals surface area contributed by atoms with Gasteiger partial charge in [-0.1, -0.05) is 12.2 Å². The summed E-state index contributed by atoms with van der Waals surface area (Å²) in [5.74, 6) is 1.45. The number of aliphatic imine (C=N–C) groups is 1. The Balaban J connectivity index is 2.10. The summed E-state index contributed by atoms with van der Waals surface area (Å²) in [4.78, 5) is 4.48. The van der Waals surface area contributed by atoms with Crippen LogP contribution in [0.1, 0.15) is 20.8 Å². The molecule has 16 heavy (non-hydrogen) atoms. The average molecular weight is 218 g/mol. The molecule has 0 fully saturated rings. The predicted molar refractivity (Wildman–Crippen MR) is 67.0 cm³/mol. The zero-order valence-corrected chi connectivity index (χ0v) is 9.91. The summed E-state index contributed by atoms with van der Waals surface area (Å²) in [6, 6.07) is 0.705. The fourth-order valence-electron chi connectivity index (χ4n) is 1.96. The molecule has 0 bridgehead atoms. The Morgan fingerprint density at radius 2 is 2.31 bits per heavy atom. The van der Waals surface area contributed by atoms with E-state index in [1.807, 2.05) is 32.9 Å². The maximum atomic E-state index is 7.92.